The number of piperidine rings is 1. The van der Waals surface area contributed by atoms with E-state index in [9.17, 15) is 13.6 Å². The Morgan fingerprint density at radius 2 is 1.91 bits per heavy atom. The molecule has 0 aliphatic carbocycles. The molecule has 1 fully saturated rings. The van der Waals surface area contributed by atoms with Crippen molar-refractivity contribution < 1.29 is 22.7 Å². The van der Waals surface area contributed by atoms with Crippen LogP contribution in [-0.2, 0) is 0 Å². The molecule has 6 rings (SSSR count). The highest BCUT2D eigenvalue weighted by atomic mass is 19.2. The summed E-state index contributed by atoms with van der Waals surface area (Å²) in [5.74, 6) is -2.95. The highest BCUT2D eigenvalue weighted by Gasteiger charge is 2.44. The Morgan fingerprint density at radius 1 is 1.09 bits per heavy atom. The van der Waals surface area contributed by atoms with Gasteiger partial charge in [-0.3, -0.25) is 9.20 Å². The first-order valence-electron chi connectivity index (χ1n) is 10.1. The van der Waals surface area contributed by atoms with Crippen LogP contribution in [0, 0.1) is 17.5 Å². The molecular formula is C22H16F3N5O2. The number of hydrogen-bond acceptors (Lipinski definition) is 5. The van der Waals surface area contributed by atoms with Gasteiger partial charge in [0.15, 0.2) is 11.6 Å². The molecule has 1 unspecified atom stereocenters. The molecule has 2 atom stereocenters. The van der Waals surface area contributed by atoms with Crippen LogP contribution in [0.3, 0.4) is 0 Å². The Hall–Kier alpha value is -3.82. The number of fused-ring (bicyclic) bond motifs is 6. The van der Waals surface area contributed by atoms with E-state index in [1.54, 1.807) is 4.40 Å². The van der Waals surface area contributed by atoms with Crippen LogP contribution in [0.25, 0.3) is 16.6 Å². The van der Waals surface area contributed by atoms with Crippen molar-refractivity contribution in [3.8, 4) is 5.75 Å². The van der Waals surface area contributed by atoms with Gasteiger partial charge in [-0.15, -0.1) is 0 Å². The number of nitrogen functional groups attached to an aromatic ring is 1. The van der Waals surface area contributed by atoms with Crippen LogP contribution in [-0.4, -0.2) is 37.8 Å². The van der Waals surface area contributed by atoms with Crippen LogP contribution in [0.1, 0.15) is 34.8 Å². The van der Waals surface area contributed by atoms with Crippen molar-refractivity contribution in [1.29, 1.82) is 0 Å². The second kappa shape index (κ2) is 6.59. The predicted molar refractivity (Wildman–Crippen MR) is 109 cm³/mol. The van der Waals surface area contributed by atoms with Crippen molar-refractivity contribution in [3.05, 3.63) is 65.4 Å². The minimum absolute atomic E-state index is 0.157. The summed E-state index contributed by atoms with van der Waals surface area (Å²) in [6.07, 6.45) is 3.82. The van der Waals surface area contributed by atoms with E-state index >= 15 is 4.39 Å². The number of ether oxygens (including phenoxy) is 1. The molecule has 10 heteroatoms. The fraction of sp³-hybridized carbons (Fsp3) is 0.227. The maximum absolute atomic E-state index is 15.0. The molecule has 4 aromatic rings. The summed E-state index contributed by atoms with van der Waals surface area (Å²) in [7, 11) is 0. The predicted octanol–water partition coefficient (Wildman–Crippen LogP) is 3.62. The summed E-state index contributed by atoms with van der Waals surface area (Å²) in [4.78, 5) is 23.2. The number of nitrogens with zero attached hydrogens (tertiary/aromatic N) is 4. The molecular weight excluding hydrogens is 423 g/mol. The number of aromatic nitrogens is 3. The molecule has 32 heavy (non-hydrogen) atoms. The van der Waals surface area contributed by atoms with Gasteiger partial charge in [0.2, 0.25) is 0 Å². The third kappa shape index (κ3) is 2.58. The maximum Gasteiger partial charge on any atom is 0.257 e. The summed E-state index contributed by atoms with van der Waals surface area (Å²) < 4.78 is 50.1. The van der Waals surface area contributed by atoms with Crippen molar-refractivity contribution in [3.63, 3.8) is 0 Å². The van der Waals surface area contributed by atoms with Gasteiger partial charge in [-0.05, 0) is 25.0 Å². The number of carbonyl (C=O) groups is 1. The average Bonchev–Trinajstić information content (AvgIpc) is 3.39. The van der Waals surface area contributed by atoms with Crippen molar-refractivity contribution in [2.75, 3.05) is 12.3 Å². The average molecular weight is 439 g/mol. The number of halogens is 3. The first-order valence-corrected chi connectivity index (χ1v) is 10.1. The maximum atomic E-state index is 15.0. The van der Waals surface area contributed by atoms with Crippen LogP contribution in [0.5, 0.6) is 5.75 Å². The summed E-state index contributed by atoms with van der Waals surface area (Å²) in [6, 6.07) is 4.00. The van der Waals surface area contributed by atoms with Crippen molar-refractivity contribution in [1.82, 2.24) is 19.3 Å². The minimum Gasteiger partial charge on any atom is -0.487 e. The van der Waals surface area contributed by atoms with E-state index in [-0.39, 0.29) is 22.6 Å². The highest BCUT2D eigenvalue weighted by Crippen LogP contribution is 2.45. The van der Waals surface area contributed by atoms with Gasteiger partial charge in [-0.25, -0.2) is 23.1 Å². The molecule has 2 N–H and O–H groups in total. The standard InChI is InChI=1S/C22H16F3N5O2/c23-12-6-15-16(30-9-27-8-17(30)21(26)28-15)5-10(12)22(31)29-3-1-2-18-20(29)11-4-13(24)14(25)7-19(11)32-18/h4-9,18,20H,1-3H2,(H2,26,28)/t18?,20-/m0/s1. The number of hydrogen-bond donors (Lipinski definition) is 1. The number of benzene rings is 2. The lowest BCUT2D eigenvalue weighted by Gasteiger charge is -2.36. The zero-order chi connectivity index (χ0) is 22.1. The second-order valence-electron chi connectivity index (χ2n) is 8.01. The fourth-order valence-electron chi connectivity index (χ4n) is 4.74. The van der Waals surface area contributed by atoms with Crippen molar-refractivity contribution >= 4 is 28.3 Å². The molecule has 7 nitrogen and oxygen atoms in total. The Labute approximate surface area is 179 Å². The van der Waals surface area contributed by atoms with E-state index in [0.29, 0.717) is 36.0 Å². The quantitative estimate of drug-likeness (QED) is 0.490. The molecule has 2 aliphatic rings. The summed E-state index contributed by atoms with van der Waals surface area (Å²) in [5.41, 5.74) is 7.44. The van der Waals surface area contributed by atoms with Crippen molar-refractivity contribution in [2.45, 2.75) is 25.0 Å². The van der Waals surface area contributed by atoms with E-state index < -0.39 is 35.5 Å². The van der Waals surface area contributed by atoms with Gasteiger partial charge in [-0.1, -0.05) is 0 Å². The first kappa shape index (κ1) is 18.9. The smallest absolute Gasteiger partial charge is 0.257 e. The monoisotopic (exact) mass is 439 g/mol. The van der Waals surface area contributed by atoms with Crippen LogP contribution in [0.2, 0.25) is 0 Å². The number of nitrogens with two attached hydrogens (primary N) is 1. The van der Waals surface area contributed by atoms with E-state index in [1.165, 1.54) is 23.5 Å². The van der Waals surface area contributed by atoms with Gasteiger partial charge in [0.25, 0.3) is 5.91 Å². The van der Waals surface area contributed by atoms with Gasteiger partial charge in [-0.2, -0.15) is 0 Å². The molecule has 0 bridgehead atoms. The molecule has 0 radical (unpaired) electrons. The molecule has 4 heterocycles. The Bertz CT molecular complexity index is 1440. The van der Waals surface area contributed by atoms with Crippen molar-refractivity contribution in [2.24, 2.45) is 0 Å². The second-order valence-corrected chi connectivity index (χ2v) is 8.01. The molecule has 2 aromatic heterocycles. The number of carbonyl (C=O) groups excluding carboxylic acids is 1. The number of imidazole rings is 1. The normalized spacial score (nSPS) is 19.8. The number of anilines is 1. The van der Waals surface area contributed by atoms with Gasteiger partial charge in [0.05, 0.1) is 35.2 Å². The molecule has 0 saturated carbocycles. The summed E-state index contributed by atoms with van der Waals surface area (Å²) >= 11 is 0. The summed E-state index contributed by atoms with van der Waals surface area (Å²) in [5, 5.41) is 0. The molecule has 2 aliphatic heterocycles. The lowest BCUT2D eigenvalue weighted by atomic mass is 9.93. The van der Waals surface area contributed by atoms with Gasteiger partial charge in [0.1, 0.15) is 29.0 Å². The van der Waals surface area contributed by atoms with Crippen LogP contribution in [0.15, 0.2) is 36.8 Å². The molecule has 0 spiro atoms. The largest absolute Gasteiger partial charge is 0.487 e. The summed E-state index contributed by atoms with van der Waals surface area (Å²) in [6.45, 7) is 0.333. The van der Waals surface area contributed by atoms with E-state index in [4.69, 9.17) is 10.5 Å². The van der Waals surface area contributed by atoms with Gasteiger partial charge >= 0.3 is 0 Å². The Morgan fingerprint density at radius 3 is 2.75 bits per heavy atom. The number of likely N-dealkylation sites (tertiary alicyclic amines) is 1. The van der Waals surface area contributed by atoms with E-state index in [0.717, 1.165) is 18.2 Å². The van der Waals surface area contributed by atoms with Gasteiger partial charge in [0, 0.05) is 24.2 Å². The molecule has 1 saturated heterocycles. The molecule has 162 valence electrons. The zero-order valence-electron chi connectivity index (χ0n) is 16.6. The Kier molecular flexibility index (Phi) is 3.89. The minimum atomic E-state index is -1.02. The van der Waals surface area contributed by atoms with Crippen LogP contribution in [0.4, 0.5) is 19.0 Å². The third-order valence-corrected chi connectivity index (χ3v) is 6.18. The van der Waals surface area contributed by atoms with E-state index in [1.807, 2.05) is 0 Å². The topological polar surface area (TPSA) is 85.8 Å². The molecule has 1 amide bonds. The number of amides is 1. The fourth-order valence-corrected chi connectivity index (χ4v) is 4.74. The zero-order valence-corrected chi connectivity index (χ0v) is 16.6. The van der Waals surface area contributed by atoms with Crippen LogP contribution >= 0.6 is 0 Å². The third-order valence-electron chi connectivity index (χ3n) is 6.18. The lowest BCUT2D eigenvalue weighted by molar-refractivity contribution is 0.0361. The van der Waals surface area contributed by atoms with E-state index in [2.05, 4.69) is 9.97 Å². The highest BCUT2D eigenvalue weighted by molar-refractivity contribution is 5.99. The lowest BCUT2D eigenvalue weighted by Crippen LogP contribution is -2.44. The van der Waals surface area contributed by atoms with Crippen LogP contribution < -0.4 is 10.5 Å². The molecule has 2 aromatic carbocycles. The number of rotatable bonds is 1. The van der Waals surface area contributed by atoms with Gasteiger partial charge < -0.3 is 15.4 Å². The Balaban J connectivity index is 1.47. The SMILES string of the molecule is Nc1nc2cc(F)c(C(=O)N3CCCC4Oc5cc(F)c(F)cc5[C@@H]43)cc2n2cncc12. The first-order chi connectivity index (χ1) is 15.4.